The van der Waals surface area contributed by atoms with E-state index in [1.54, 1.807) is 31.4 Å². The summed E-state index contributed by atoms with van der Waals surface area (Å²) in [7, 11) is 1.57. The molecule has 4 nitrogen and oxygen atoms in total. The van der Waals surface area contributed by atoms with Gasteiger partial charge in [-0.15, -0.1) is 0 Å². The summed E-state index contributed by atoms with van der Waals surface area (Å²) in [6.45, 7) is 3.58. The molecule has 1 heterocycles. The fraction of sp³-hybridized carbons (Fsp3) is 0.200. The van der Waals surface area contributed by atoms with Crippen LogP contribution in [0.3, 0.4) is 0 Å². The summed E-state index contributed by atoms with van der Waals surface area (Å²) in [6, 6.07) is 10.6. The molecule has 0 amide bonds. The van der Waals surface area contributed by atoms with Gasteiger partial charge in [-0.1, -0.05) is 23.2 Å². The van der Waals surface area contributed by atoms with Crippen LogP contribution >= 0.6 is 23.2 Å². The third-order valence-electron chi connectivity index (χ3n) is 4.04. The largest absolute Gasteiger partial charge is 0.496 e. The van der Waals surface area contributed by atoms with E-state index in [0.29, 0.717) is 32.6 Å². The summed E-state index contributed by atoms with van der Waals surface area (Å²) in [4.78, 5) is 16.2. The lowest BCUT2D eigenvalue weighted by Crippen LogP contribution is -2.03. The van der Waals surface area contributed by atoms with E-state index in [1.165, 1.54) is 6.92 Å². The zero-order valence-corrected chi connectivity index (χ0v) is 16.1. The quantitative estimate of drug-likeness (QED) is 0.529. The number of hydrogen-bond acceptors (Lipinski definition) is 4. The minimum absolute atomic E-state index is 0.0267. The van der Waals surface area contributed by atoms with E-state index >= 15 is 0 Å². The van der Waals surface area contributed by atoms with Crippen molar-refractivity contribution in [1.82, 2.24) is 4.98 Å². The lowest BCUT2D eigenvalue weighted by atomic mass is 10.1. The Kier molecular flexibility index (Phi) is 5.35. The maximum absolute atomic E-state index is 11.6. The van der Waals surface area contributed by atoms with Gasteiger partial charge in [-0.05, 0) is 50.2 Å². The Balaban J connectivity index is 2.02. The van der Waals surface area contributed by atoms with Gasteiger partial charge in [-0.25, -0.2) is 4.98 Å². The van der Waals surface area contributed by atoms with Gasteiger partial charge in [-0.3, -0.25) is 4.79 Å². The second-order valence-electron chi connectivity index (χ2n) is 5.89. The number of fused-ring (bicyclic) bond motifs is 1. The standard InChI is InChI=1S/C20H17Cl2NO3/c1-11-4-6-15-16(21)9-17(22)20(19(15)23-11)26-10-14-8-13(12(2)24)5-7-18(14)25-3/h4-9H,10H2,1-3H3. The van der Waals surface area contributed by atoms with Crippen molar-refractivity contribution in [3.63, 3.8) is 0 Å². The predicted octanol–water partition coefficient (Wildman–Crippen LogP) is 5.64. The number of pyridine rings is 1. The third-order valence-corrected chi connectivity index (χ3v) is 4.63. The molecule has 0 aliphatic carbocycles. The number of halogens is 2. The average molecular weight is 390 g/mol. The van der Waals surface area contributed by atoms with Gasteiger partial charge in [0.15, 0.2) is 11.5 Å². The van der Waals surface area contributed by atoms with Crippen LogP contribution in [-0.2, 0) is 6.61 Å². The van der Waals surface area contributed by atoms with Crippen molar-refractivity contribution in [3.05, 3.63) is 63.3 Å². The first-order valence-electron chi connectivity index (χ1n) is 7.96. The third kappa shape index (κ3) is 3.62. The summed E-state index contributed by atoms with van der Waals surface area (Å²) in [6.07, 6.45) is 0. The van der Waals surface area contributed by atoms with Crippen LogP contribution in [0.2, 0.25) is 10.0 Å². The minimum atomic E-state index is -0.0267. The number of aryl methyl sites for hydroxylation is 1. The van der Waals surface area contributed by atoms with Crippen molar-refractivity contribution < 1.29 is 14.3 Å². The smallest absolute Gasteiger partial charge is 0.164 e. The molecule has 0 N–H and O–H groups in total. The molecule has 3 aromatic rings. The number of methoxy groups -OCH3 is 1. The Labute approximate surface area is 161 Å². The summed E-state index contributed by atoms with van der Waals surface area (Å²) in [5, 5.41) is 1.66. The molecule has 0 aliphatic heterocycles. The minimum Gasteiger partial charge on any atom is -0.496 e. The number of carbonyl (C=O) groups excluding carboxylic acids is 1. The van der Waals surface area contributed by atoms with E-state index in [2.05, 4.69) is 4.98 Å². The van der Waals surface area contributed by atoms with Gasteiger partial charge in [0.1, 0.15) is 17.9 Å². The van der Waals surface area contributed by atoms with Gasteiger partial charge >= 0.3 is 0 Å². The van der Waals surface area contributed by atoms with Crippen molar-refractivity contribution >= 4 is 39.9 Å². The molecule has 6 heteroatoms. The van der Waals surface area contributed by atoms with Crippen molar-refractivity contribution in [3.8, 4) is 11.5 Å². The van der Waals surface area contributed by atoms with E-state index in [4.69, 9.17) is 32.7 Å². The van der Waals surface area contributed by atoms with Crippen molar-refractivity contribution in [1.29, 1.82) is 0 Å². The second-order valence-corrected chi connectivity index (χ2v) is 6.70. The highest BCUT2D eigenvalue weighted by atomic mass is 35.5. The molecule has 0 saturated carbocycles. The maximum atomic E-state index is 11.6. The van der Waals surface area contributed by atoms with Gasteiger partial charge in [0.25, 0.3) is 0 Å². The molecular formula is C20H17Cl2NO3. The Morgan fingerprint density at radius 3 is 2.58 bits per heavy atom. The van der Waals surface area contributed by atoms with Crippen molar-refractivity contribution in [2.45, 2.75) is 20.5 Å². The highest BCUT2D eigenvalue weighted by Crippen LogP contribution is 2.38. The summed E-state index contributed by atoms with van der Waals surface area (Å²) in [5.74, 6) is 1.06. The molecule has 0 radical (unpaired) electrons. The molecular weight excluding hydrogens is 373 g/mol. The Morgan fingerprint density at radius 2 is 1.88 bits per heavy atom. The van der Waals surface area contributed by atoms with Gasteiger partial charge in [0, 0.05) is 22.2 Å². The number of carbonyl (C=O) groups is 1. The van der Waals surface area contributed by atoms with Crippen LogP contribution in [0.15, 0.2) is 36.4 Å². The lowest BCUT2D eigenvalue weighted by Gasteiger charge is -2.14. The van der Waals surface area contributed by atoms with Crippen LogP contribution in [0.25, 0.3) is 10.9 Å². The number of aromatic nitrogens is 1. The first kappa shape index (κ1) is 18.5. The first-order chi connectivity index (χ1) is 12.4. The topological polar surface area (TPSA) is 48.4 Å². The number of Topliss-reactive ketones (excluding diaryl/α,β-unsaturated/α-hetero) is 1. The number of ether oxygens (including phenoxy) is 2. The molecule has 2 aromatic carbocycles. The van der Waals surface area contributed by atoms with E-state index < -0.39 is 0 Å². The Hall–Kier alpha value is -2.30. The van der Waals surface area contributed by atoms with Gasteiger partial charge in [-0.2, -0.15) is 0 Å². The van der Waals surface area contributed by atoms with E-state index in [1.807, 2.05) is 19.1 Å². The van der Waals surface area contributed by atoms with E-state index in [9.17, 15) is 4.79 Å². The lowest BCUT2D eigenvalue weighted by molar-refractivity contribution is 0.101. The highest BCUT2D eigenvalue weighted by molar-refractivity contribution is 6.39. The maximum Gasteiger partial charge on any atom is 0.164 e. The fourth-order valence-electron chi connectivity index (χ4n) is 2.69. The van der Waals surface area contributed by atoms with Crippen molar-refractivity contribution in [2.75, 3.05) is 7.11 Å². The number of benzene rings is 2. The zero-order valence-electron chi connectivity index (χ0n) is 14.6. The molecule has 0 fully saturated rings. The normalized spacial score (nSPS) is 10.8. The Morgan fingerprint density at radius 1 is 1.12 bits per heavy atom. The van der Waals surface area contributed by atoms with Crippen LogP contribution in [-0.4, -0.2) is 17.9 Å². The summed E-state index contributed by atoms with van der Waals surface area (Å²) < 4.78 is 11.3. The average Bonchev–Trinajstić information content (AvgIpc) is 2.60. The van der Waals surface area contributed by atoms with Crippen LogP contribution in [0.5, 0.6) is 11.5 Å². The van der Waals surface area contributed by atoms with Crippen LogP contribution in [0, 0.1) is 6.92 Å². The van der Waals surface area contributed by atoms with Crippen LogP contribution in [0.4, 0.5) is 0 Å². The number of rotatable bonds is 5. The molecule has 0 spiro atoms. The first-order valence-corrected chi connectivity index (χ1v) is 8.72. The van der Waals surface area contributed by atoms with E-state index in [-0.39, 0.29) is 12.4 Å². The predicted molar refractivity (Wildman–Crippen MR) is 104 cm³/mol. The monoisotopic (exact) mass is 389 g/mol. The molecule has 0 bridgehead atoms. The van der Waals surface area contributed by atoms with Gasteiger partial charge < -0.3 is 9.47 Å². The number of nitrogens with zero attached hydrogens (tertiary/aromatic N) is 1. The molecule has 0 saturated heterocycles. The van der Waals surface area contributed by atoms with Crippen LogP contribution in [0.1, 0.15) is 28.5 Å². The van der Waals surface area contributed by atoms with Gasteiger partial charge in [0.05, 0.1) is 17.2 Å². The van der Waals surface area contributed by atoms with E-state index in [0.717, 1.165) is 16.6 Å². The molecule has 0 atom stereocenters. The molecule has 3 rings (SSSR count). The molecule has 0 aliphatic rings. The number of ketones is 1. The fourth-order valence-corrected chi connectivity index (χ4v) is 3.26. The molecule has 134 valence electrons. The second kappa shape index (κ2) is 7.52. The molecule has 0 unspecified atom stereocenters. The number of hydrogen-bond donors (Lipinski definition) is 0. The Bertz CT molecular complexity index is 1000. The molecule has 26 heavy (non-hydrogen) atoms. The summed E-state index contributed by atoms with van der Waals surface area (Å²) >= 11 is 12.6. The zero-order chi connectivity index (χ0) is 18.8. The van der Waals surface area contributed by atoms with Crippen LogP contribution < -0.4 is 9.47 Å². The van der Waals surface area contributed by atoms with Gasteiger partial charge in [0.2, 0.25) is 0 Å². The van der Waals surface area contributed by atoms with Crippen molar-refractivity contribution in [2.24, 2.45) is 0 Å². The highest BCUT2D eigenvalue weighted by Gasteiger charge is 2.15. The SMILES string of the molecule is COc1ccc(C(C)=O)cc1COc1c(Cl)cc(Cl)c2ccc(C)nc12. The molecule has 1 aromatic heterocycles. The summed E-state index contributed by atoms with van der Waals surface area (Å²) in [5.41, 5.74) is 2.76.